The number of aromatic nitrogens is 2. The van der Waals surface area contributed by atoms with Crippen molar-refractivity contribution in [2.75, 3.05) is 6.54 Å². The Kier molecular flexibility index (Phi) is 4.74. The smallest absolute Gasteiger partial charge is 0.0947 e. The molecular formula is C16H23N3. The Morgan fingerprint density at radius 2 is 2.16 bits per heavy atom. The minimum atomic E-state index is 0.188. The molecule has 0 aliphatic heterocycles. The molecule has 2 rings (SSSR count). The molecule has 0 bridgehead atoms. The predicted octanol–water partition coefficient (Wildman–Crippen LogP) is 3.07. The Bertz CT molecular complexity index is 516. The van der Waals surface area contributed by atoms with Crippen LogP contribution < -0.4 is 5.32 Å². The molecule has 0 saturated heterocycles. The molecule has 0 amide bonds. The molecule has 1 heterocycles. The van der Waals surface area contributed by atoms with E-state index in [1.54, 1.807) is 0 Å². The van der Waals surface area contributed by atoms with E-state index in [0.29, 0.717) is 0 Å². The first-order chi connectivity index (χ1) is 9.24. The van der Waals surface area contributed by atoms with Crippen LogP contribution in [0.2, 0.25) is 0 Å². The van der Waals surface area contributed by atoms with Gasteiger partial charge in [0.25, 0.3) is 0 Å². The van der Waals surface area contributed by atoms with E-state index in [2.05, 4.69) is 54.6 Å². The summed E-state index contributed by atoms with van der Waals surface area (Å²) in [6.07, 6.45) is 6.14. The van der Waals surface area contributed by atoms with Gasteiger partial charge in [-0.05, 0) is 30.5 Å². The van der Waals surface area contributed by atoms with Crippen molar-refractivity contribution >= 4 is 0 Å². The van der Waals surface area contributed by atoms with Gasteiger partial charge in [0.1, 0.15) is 0 Å². The lowest BCUT2D eigenvalue weighted by molar-refractivity contribution is 0.587. The van der Waals surface area contributed by atoms with Gasteiger partial charge in [0.05, 0.1) is 18.1 Å². The third kappa shape index (κ3) is 3.44. The maximum Gasteiger partial charge on any atom is 0.0947 e. The van der Waals surface area contributed by atoms with Gasteiger partial charge in [-0.15, -0.1) is 0 Å². The maximum absolute atomic E-state index is 4.50. The maximum atomic E-state index is 4.50. The summed E-state index contributed by atoms with van der Waals surface area (Å²) < 4.78 is 2.00. The second-order valence-electron chi connectivity index (χ2n) is 4.95. The topological polar surface area (TPSA) is 29.9 Å². The van der Waals surface area contributed by atoms with E-state index >= 15 is 0 Å². The van der Waals surface area contributed by atoms with E-state index < -0.39 is 0 Å². The number of nitrogens with one attached hydrogen (secondary N) is 1. The summed E-state index contributed by atoms with van der Waals surface area (Å²) in [6, 6.07) is 8.97. The van der Waals surface area contributed by atoms with Crippen molar-refractivity contribution in [2.45, 2.75) is 32.7 Å². The van der Waals surface area contributed by atoms with Crippen molar-refractivity contribution in [2.24, 2.45) is 7.05 Å². The lowest BCUT2D eigenvalue weighted by Crippen LogP contribution is -2.23. The predicted molar refractivity (Wildman–Crippen MR) is 79.2 cm³/mol. The summed E-state index contributed by atoms with van der Waals surface area (Å²) in [5.41, 5.74) is 3.76. The van der Waals surface area contributed by atoms with Crippen LogP contribution in [0.15, 0.2) is 36.8 Å². The fraction of sp³-hybridized carbons (Fsp3) is 0.438. The molecular weight excluding hydrogens is 234 g/mol. The van der Waals surface area contributed by atoms with Gasteiger partial charge in [-0.2, -0.15) is 0 Å². The summed E-state index contributed by atoms with van der Waals surface area (Å²) in [6.45, 7) is 5.37. The molecule has 0 saturated carbocycles. The number of rotatable bonds is 6. The summed E-state index contributed by atoms with van der Waals surface area (Å²) >= 11 is 0. The third-order valence-electron chi connectivity index (χ3n) is 3.31. The summed E-state index contributed by atoms with van der Waals surface area (Å²) in [5, 5.41) is 3.59. The number of imidazole rings is 1. The van der Waals surface area contributed by atoms with E-state index in [1.807, 2.05) is 17.9 Å². The van der Waals surface area contributed by atoms with Crippen LogP contribution in [-0.2, 0) is 13.5 Å². The fourth-order valence-electron chi connectivity index (χ4n) is 2.26. The molecule has 2 aromatic rings. The van der Waals surface area contributed by atoms with Crippen molar-refractivity contribution in [1.29, 1.82) is 0 Å². The highest BCUT2D eigenvalue weighted by Crippen LogP contribution is 2.21. The van der Waals surface area contributed by atoms with Gasteiger partial charge in [0.2, 0.25) is 0 Å². The van der Waals surface area contributed by atoms with Crippen LogP contribution in [0.25, 0.3) is 0 Å². The van der Waals surface area contributed by atoms with Crippen LogP contribution in [0.4, 0.5) is 0 Å². The molecule has 0 radical (unpaired) electrons. The van der Waals surface area contributed by atoms with Crippen molar-refractivity contribution in [3.05, 3.63) is 53.6 Å². The molecule has 1 aromatic heterocycles. The Labute approximate surface area is 115 Å². The highest BCUT2D eigenvalue weighted by Gasteiger charge is 2.15. The third-order valence-corrected chi connectivity index (χ3v) is 3.31. The first kappa shape index (κ1) is 13.8. The zero-order valence-electron chi connectivity index (χ0n) is 12.1. The van der Waals surface area contributed by atoms with Gasteiger partial charge in [-0.3, -0.25) is 0 Å². The van der Waals surface area contributed by atoms with Gasteiger partial charge in [0, 0.05) is 13.2 Å². The normalized spacial score (nSPS) is 12.6. The first-order valence-electron chi connectivity index (χ1n) is 7.04. The van der Waals surface area contributed by atoms with Gasteiger partial charge < -0.3 is 9.88 Å². The monoisotopic (exact) mass is 257 g/mol. The van der Waals surface area contributed by atoms with Gasteiger partial charge in [-0.1, -0.05) is 38.1 Å². The minimum absolute atomic E-state index is 0.188. The molecule has 1 unspecified atom stereocenters. The van der Waals surface area contributed by atoms with E-state index in [9.17, 15) is 0 Å². The van der Waals surface area contributed by atoms with E-state index in [1.165, 1.54) is 11.1 Å². The quantitative estimate of drug-likeness (QED) is 0.862. The van der Waals surface area contributed by atoms with Crippen LogP contribution in [-0.4, -0.2) is 16.1 Å². The molecule has 1 aromatic carbocycles. The number of nitrogens with zero attached hydrogens (tertiary/aromatic N) is 2. The fourth-order valence-corrected chi connectivity index (χ4v) is 2.26. The van der Waals surface area contributed by atoms with Crippen LogP contribution >= 0.6 is 0 Å². The summed E-state index contributed by atoms with van der Waals surface area (Å²) in [5.74, 6) is 0. The number of aryl methyl sites for hydroxylation is 2. The highest BCUT2D eigenvalue weighted by atomic mass is 15.0. The Morgan fingerprint density at radius 3 is 2.79 bits per heavy atom. The van der Waals surface area contributed by atoms with E-state index in [0.717, 1.165) is 25.1 Å². The van der Waals surface area contributed by atoms with Crippen LogP contribution in [0.5, 0.6) is 0 Å². The van der Waals surface area contributed by atoms with Crippen molar-refractivity contribution < 1.29 is 0 Å². The Hall–Kier alpha value is -1.61. The summed E-state index contributed by atoms with van der Waals surface area (Å²) in [4.78, 5) is 4.50. The molecule has 102 valence electrons. The van der Waals surface area contributed by atoms with Crippen molar-refractivity contribution in [3.8, 4) is 0 Å². The molecule has 1 atom stereocenters. The molecule has 0 aliphatic carbocycles. The molecule has 0 aliphatic rings. The van der Waals surface area contributed by atoms with Crippen LogP contribution in [0.1, 0.15) is 43.1 Å². The Morgan fingerprint density at radius 1 is 1.32 bits per heavy atom. The van der Waals surface area contributed by atoms with Crippen LogP contribution in [0.3, 0.4) is 0 Å². The molecule has 3 nitrogen and oxygen atoms in total. The second kappa shape index (κ2) is 6.53. The number of benzene rings is 1. The number of hydrogen-bond acceptors (Lipinski definition) is 2. The number of hydrogen-bond donors (Lipinski definition) is 1. The SMILES string of the molecule is CCCNC(c1cccc(CC)c1)c1cn(C)cn1. The van der Waals surface area contributed by atoms with E-state index in [4.69, 9.17) is 0 Å². The Balaban J connectivity index is 2.30. The standard InChI is InChI=1S/C16H23N3/c1-4-9-17-16(15-11-19(3)12-18-15)14-8-6-7-13(5-2)10-14/h6-8,10-12,16-17H,4-5,9H2,1-3H3. The zero-order chi connectivity index (χ0) is 13.7. The second-order valence-corrected chi connectivity index (χ2v) is 4.95. The molecule has 0 spiro atoms. The molecule has 0 fully saturated rings. The van der Waals surface area contributed by atoms with Gasteiger partial charge in [0.15, 0.2) is 0 Å². The van der Waals surface area contributed by atoms with Gasteiger partial charge >= 0.3 is 0 Å². The average Bonchev–Trinajstić information content (AvgIpc) is 2.86. The van der Waals surface area contributed by atoms with Crippen LogP contribution in [0, 0.1) is 0 Å². The van der Waals surface area contributed by atoms with E-state index in [-0.39, 0.29) is 6.04 Å². The molecule has 3 heteroatoms. The van der Waals surface area contributed by atoms with Crippen molar-refractivity contribution in [1.82, 2.24) is 14.9 Å². The summed E-state index contributed by atoms with van der Waals surface area (Å²) in [7, 11) is 2.01. The first-order valence-corrected chi connectivity index (χ1v) is 7.04. The molecule has 19 heavy (non-hydrogen) atoms. The lowest BCUT2D eigenvalue weighted by Gasteiger charge is -2.17. The average molecular weight is 257 g/mol. The van der Waals surface area contributed by atoms with Crippen molar-refractivity contribution in [3.63, 3.8) is 0 Å². The lowest BCUT2D eigenvalue weighted by atomic mass is 10.0. The zero-order valence-corrected chi connectivity index (χ0v) is 12.1. The minimum Gasteiger partial charge on any atom is -0.340 e. The largest absolute Gasteiger partial charge is 0.340 e. The van der Waals surface area contributed by atoms with Gasteiger partial charge in [-0.25, -0.2) is 4.98 Å². The highest BCUT2D eigenvalue weighted by molar-refractivity contribution is 5.31. The molecule has 1 N–H and O–H groups in total.